The Bertz CT molecular complexity index is 124. The van der Waals surface area contributed by atoms with E-state index in [0.29, 0.717) is 0 Å². The molecule has 1 nitrogen and oxygen atoms in total. The SMILES string of the molecule is CCC1CC(CN)C2CC1C2. The van der Waals surface area contributed by atoms with E-state index in [1.165, 1.54) is 25.7 Å². The molecule has 2 bridgehead atoms. The molecule has 0 saturated heterocycles. The molecule has 2 atom stereocenters. The Kier molecular flexibility index (Phi) is 1.92. The summed E-state index contributed by atoms with van der Waals surface area (Å²) in [6.07, 6.45) is 5.82. The van der Waals surface area contributed by atoms with Crippen molar-refractivity contribution in [3.8, 4) is 0 Å². The van der Waals surface area contributed by atoms with Gasteiger partial charge in [0.1, 0.15) is 0 Å². The minimum Gasteiger partial charge on any atom is -0.330 e. The average Bonchev–Trinajstić information content (AvgIpc) is 2.01. The first-order valence-electron chi connectivity index (χ1n) is 5.05. The lowest BCUT2D eigenvalue weighted by molar-refractivity contribution is -0.00319. The molecule has 0 amide bonds. The van der Waals surface area contributed by atoms with E-state index in [1.807, 2.05) is 0 Å². The summed E-state index contributed by atoms with van der Waals surface area (Å²) in [6, 6.07) is 0. The van der Waals surface area contributed by atoms with E-state index in [0.717, 1.165) is 30.2 Å². The van der Waals surface area contributed by atoms with Gasteiger partial charge >= 0.3 is 0 Å². The summed E-state index contributed by atoms with van der Waals surface area (Å²) in [5.41, 5.74) is 5.74. The molecule has 3 aliphatic carbocycles. The molecule has 0 aromatic heterocycles. The lowest BCUT2D eigenvalue weighted by Crippen LogP contribution is -2.44. The fourth-order valence-electron chi connectivity index (χ4n) is 3.04. The van der Waals surface area contributed by atoms with E-state index in [-0.39, 0.29) is 0 Å². The summed E-state index contributed by atoms with van der Waals surface area (Å²) >= 11 is 0. The molecule has 2 N–H and O–H groups in total. The van der Waals surface area contributed by atoms with E-state index in [2.05, 4.69) is 6.92 Å². The molecule has 64 valence electrons. The van der Waals surface area contributed by atoms with E-state index in [4.69, 9.17) is 5.73 Å². The van der Waals surface area contributed by atoms with Gasteiger partial charge in [0, 0.05) is 0 Å². The van der Waals surface area contributed by atoms with Gasteiger partial charge in [0.25, 0.3) is 0 Å². The summed E-state index contributed by atoms with van der Waals surface area (Å²) in [6.45, 7) is 3.27. The molecule has 3 rings (SSSR count). The molecule has 2 unspecified atom stereocenters. The average molecular weight is 153 g/mol. The number of hydrogen-bond donors (Lipinski definition) is 1. The van der Waals surface area contributed by atoms with Crippen LogP contribution in [0.3, 0.4) is 0 Å². The van der Waals surface area contributed by atoms with E-state index < -0.39 is 0 Å². The van der Waals surface area contributed by atoms with Crippen LogP contribution in [-0.2, 0) is 0 Å². The molecule has 0 radical (unpaired) electrons. The Morgan fingerprint density at radius 2 is 1.73 bits per heavy atom. The summed E-state index contributed by atoms with van der Waals surface area (Å²) in [7, 11) is 0. The third-order valence-electron chi connectivity index (χ3n) is 3.98. The maximum atomic E-state index is 5.74. The molecule has 0 aromatic carbocycles. The second kappa shape index (κ2) is 2.78. The molecule has 3 saturated carbocycles. The first kappa shape index (κ1) is 7.60. The van der Waals surface area contributed by atoms with Crippen LogP contribution in [0, 0.1) is 23.7 Å². The first-order chi connectivity index (χ1) is 5.35. The largest absolute Gasteiger partial charge is 0.330 e. The summed E-state index contributed by atoms with van der Waals surface area (Å²) in [5, 5.41) is 0. The second-order valence-electron chi connectivity index (χ2n) is 4.39. The summed E-state index contributed by atoms with van der Waals surface area (Å²) in [5.74, 6) is 4.01. The van der Waals surface area contributed by atoms with Crippen LogP contribution in [-0.4, -0.2) is 6.54 Å². The molecular weight excluding hydrogens is 134 g/mol. The van der Waals surface area contributed by atoms with Crippen molar-refractivity contribution < 1.29 is 0 Å². The fourth-order valence-corrected chi connectivity index (χ4v) is 3.04. The predicted molar refractivity (Wildman–Crippen MR) is 47.2 cm³/mol. The minimum absolute atomic E-state index is 0.880. The Morgan fingerprint density at radius 3 is 2.27 bits per heavy atom. The van der Waals surface area contributed by atoms with E-state index in [1.54, 1.807) is 0 Å². The van der Waals surface area contributed by atoms with Crippen molar-refractivity contribution in [3.63, 3.8) is 0 Å². The van der Waals surface area contributed by atoms with Crippen LogP contribution in [0.15, 0.2) is 0 Å². The fraction of sp³-hybridized carbons (Fsp3) is 1.00. The molecule has 0 aliphatic heterocycles. The summed E-state index contributed by atoms with van der Waals surface area (Å²) in [4.78, 5) is 0. The quantitative estimate of drug-likeness (QED) is 0.645. The van der Waals surface area contributed by atoms with Gasteiger partial charge in [-0.25, -0.2) is 0 Å². The second-order valence-corrected chi connectivity index (χ2v) is 4.39. The van der Waals surface area contributed by atoms with Crippen LogP contribution in [0.5, 0.6) is 0 Å². The zero-order chi connectivity index (χ0) is 7.84. The number of hydrogen-bond acceptors (Lipinski definition) is 1. The van der Waals surface area contributed by atoms with Crippen molar-refractivity contribution in [3.05, 3.63) is 0 Å². The topological polar surface area (TPSA) is 26.0 Å². The highest BCUT2D eigenvalue weighted by atomic mass is 14.6. The van der Waals surface area contributed by atoms with Crippen LogP contribution in [0.2, 0.25) is 0 Å². The normalized spacial score (nSPS) is 48.5. The van der Waals surface area contributed by atoms with Gasteiger partial charge in [-0.3, -0.25) is 0 Å². The highest BCUT2D eigenvalue weighted by Gasteiger charge is 2.44. The van der Waals surface area contributed by atoms with E-state index >= 15 is 0 Å². The van der Waals surface area contributed by atoms with Crippen molar-refractivity contribution in [1.29, 1.82) is 0 Å². The van der Waals surface area contributed by atoms with Gasteiger partial charge in [-0.15, -0.1) is 0 Å². The maximum Gasteiger partial charge on any atom is -0.00461 e. The standard InChI is InChI=1S/C10H19N/c1-2-7-3-10(6-11)9-4-8(7)5-9/h7-10H,2-6,11H2,1H3. The van der Waals surface area contributed by atoms with Crippen LogP contribution < -0.4 is 5.73 Å². The van der Waals surface area contributed by atoms with Gasteiger partial charge in [-0.05, 0) is 49.5 Å². The highest BCUT2D eigenvalue weighted by Crippen LogP contribution is 2.52. The molecule has 3 fully saturated rings. The van der Waals surface area contributed by atoms with Crippen LogP contribution >= 0.6 is 0 Å². The monoisotopic (exact) mass is 153 g/mol. The molecule has 1 heteroatoms. The van der Waals surface area contributed by atoms with Gasteiger partial charge < -0.3 is 5.73 Å². The third-order valence-corrected chi connectivity index (χ3v) is 3.98. The molecule has 11 heavy (non-hydrogen) atoms. The van der Waals surface area contributed by atoms with Crippen LogP contribution in [0.4, 0.5) is 0 Å². The van der Waals surface area contributed by atoms with Gasteiger partial charge in [0.2, 0.25) is 0 Å². The summed E-state index contributed by atoms with van der Waals surface area (Å²) < 4.78 is 0. The minimum atomic E-state index is 0.880. The van der Waals surface area contributed by atoms with Gasteiger partial charge in [-0.1, -0.05) is 13.3 Å². The van der Waals surface area contributed by atoms with Gasteiger partial charge in [0.05, 0.1) is 0 Å². The van der Waals surface area contributed by atoms with Crippen molar-refractivity contribution in [1.82, 2.24) is 0 Å². The van der Waals surface area contributed by atoms with Crippen LogP contribution in [0.25, 0.3) is 0 Å². The van der Waals surface area contributed by atoms with Gasteiger partial charge in [0.15, 0.2) is 0 Å². The smallest absolute Gasteiger partial charge is 0.00461 e. The number of rotatable bonds is 2. The van der Waals surface area contributed by atoms with Gasteiger partial charge in [-0.2, -0.15) is 0 Å². The van der Waals surface area contributed by atoms with Crippen molar-refractivity contribution in [2.45, 2.75) is 32.6 Å². The Hall–Kier alpha value is -0.0400. The lowest BCUT2D eigenvalue weighted by atomic mass is 9.55. The Balaban J connectivity index is 1.96. The van der Waals surface area contributed by atoms with Crippen LogP contribution in [0.1, 0.15) is 32.6 Å². The van der Waals surface area contributed by atoms with E-state index in [9.17, 15) is 0 Å². The van der Waals surface area contributed by atoms with Crippen molar-refractivity contribution >= 4 is 0 Å². The highest BCUT2D eigenvalue weighted by molar-refractivity contribution is 4.94. The molecule has 3 aliphatic rings. The number of nitrogens with two attached hydrogens (primary N) is 1. The first-order valence-corrected chi connectivity index (χ1v) is 5.05. The van der Waals surface area contributed by atoms with Crippen molar-refractivity contribution in [2.75, 3.05) is 6.54 Å². The Labute approximate surface area is 69.4 Å². The molecule has 0 spiro atoms. The predicted octanol–water partition coefficient (Wildman–Crippen LogP) is 2.02. The lowest BCUT2D eigenvalue weighted by Gasteiger charge is -2.51. The van der Waals surface area contributed by atoms with Crippen molar-refractivity contribution in [2.24, 2.45) is 29.4 Å². The number of fused-ring (bicyclic) bond motifs is 2. The zero-order valence-electron chi connectivity index (χ0n) is 7.42. The third kappa shape index (κ3) is 1.10. The molecular formula is C10H19N. The zero-order valence-corrected chi connectivity index (χ0v) is 7.42. The molecule has 0 heterocycles. The maximum absolute atomic E-state index is 5.74. The Morgan fingerprint density at radius 1 is 1.09 bits per heavy atom. The molecule has 0 aromatic rings.